The van der Waals surface area contributed by atoms with Gasteiger partial charge in [0, 0.05) is 50.0 Å². The first-order valence-corrected chi connectivity index (χ1v) is 8.98. The van der Waals surface area contributed by atoms with Crippen molar-refractivity contribution in [3.8, 4) is 11.4 Å². The van der Waals surface area contributed by atoms with Crippen LogP contribution >= 0.6 is 0 Å². The fourth-order valence-electron chi connectivity index (χ4n) is 3.47. The fourth-order valence-corrected chi connectivity index (χ4v) is 3.47. The van der Waals surface area contributed by atoms with Gasteiger partial charge in [0.2, 0.25) is 0 Å². The van der Waals surface area contributed by atoms with E-state index >= 15 is 0 Å². The fraction of sp³-hybridized carbons (Fsp3) is 0.238. The van der Waals surface area contributed by atoms with Crippen molar-refractivity contribution in [3.63, 3.8) is 0 Å². The van der Waals surface area contributed by atoms with Gasteiger partial charge < -0.3 is 9.64 Å². The van der Waals surface area contributed by atoms with Crippen LogP contribution in [0.2, 0.25) is 0 Å². The summed E-state index contributed by atoms with van der Waals surface area (Å²) < 4.78 is 34.3. The second-order valence-electron chi connectivity index (χ2n) is 6.89. The van der Waals surface area contributed by atoms with Crippen molar-refractivity contribution in [2.24, 2.45) is 0 Å². The van der Waals surface area contributed by atoms with Gasteiger partial charge in [-0.3, -0.25) is 4.79 Å². The molecule has 1 atom stereocenters. The molecule has 0 fully saturated rings. The van der Waals surface area contributed by atoms with Crippen LogP contribution in [0.25, 0.3) is 5.69 Å². The average molecular weight is 383 g/mol. The number of benzene rings is 2. The minimum absolute atomic E-state index is 0.156. The molecule has 28 heavy (non-hydrogen) atoms. The summed E-state index contributed by atoms with van der Waals surface area (Å²) in [7, 11) is 1.99. The standard InChI is InChI=1S/C21H19F2N3O2/c1-25-8-6-20(28-18-11-15(22)10-16(23)12-18)19-5-4-17(9-14(19)13-25)26-21(27)3-2-7-24-26/h2-5,7,9-12,20H,6,8,13H2,1H3. The van der Waals surface area contributed by atoms with E-state index < -0.39 is 11.6 Å². The molecule has 0 N–H and O–H groups in total. The molecule has 0 radical (unpaired) electrons. The molecule has 1 aromatic heterocycles. The van der Waals surface area contributed by atoms with E-state index in [-0.39, 0.29) is 17.4 Å². The minimum atomic E-state index is -0.675. The maximum atomic E-state index is 13.5. The Balaban J connectivity index is 1.72. The number of hydrogen-bond donors (Lipinski definition) is 0. The Morgan fingerprint density at radius 3 is 2.64 bits per heavy atom. The lowest BCUT2D eigenvalue weighted by molar-refractivity contribution is 0.181. The molecule has 0 amide bonds. The zero-order valence-corrected chi connectivity index (χ0v) is 15.3. The van der Waals surface area contributed by atoms with Crippen molar-refractivity contribution in [2.75, 3.05) is 13.6 Å². The highest BCUT2D eigenvalue weighted by atomic mass is 19.1. The number of rotatable bonds is 3. The van der Waals surface area contributed by atoms with E-state index in [1.165, 1.54) is 22.9 Å². The summed E-state index contributed by atoms with van der Waals surface area (Å²) in [6, 6.07) is 11.8. The lowest BCUT2D eigenvalue weighted by atomic mass is 10.0. The summed E-state index contributed by atoms with van der Waals surface area (Å²) >= 11 is 0. The number of halogens is 2. The van der Waals surface area contributed by atoms with E-state index in [0.29, 0.717) is 18.7 Å². The molecule has 2 aromatic carbocycles. The van der Waals surface area contributed by atoms with Crippen LogP contribution in [0.1, 0.15) is 23.7 Å². The molecule has 2 heterocycles. The van der Waals surface area contributed by atoms with Gasteiger partial charge in [-0.25, -0.2) is 8.78 Å². The molecule has 1 aliphatic rings. The lowest BCUT2D eigenvalue weighted by Crippen LogP contribution is -2.20. The summed E-state index contributed by atoms with van der Waals surface area (Å²) in [6.07, 6.45) is 1.88. The topological polar surface area (TPSA) is 47.4 Å². The van der Waals surface area contributed by atoms with Crippen molar-refractivity contribution < 1.29 is 13.5 Å². The lowest BCUT2D eigenvalue weighted by Gasteiger charge is -2.20. The summed E-state index contributed by atoms with van der Waals surface area (Å²) in [5.41, 5.74) is 2.36. The number of hydrogen-bond acceptors (Lipinski definition) is 4. The highest BCUT2D eigenvalue weighted by molar-refractivity contribution is 5.42. The first-order valence-electron chi connectivity index (χ1n) is 8.98. The molecule has 144 valence electrons. The number of fused-ring (bicyclic) bond motifs is 1. The maximum absolute atomic E-state index is 13.5. The van der Waals surface area contributed by atoms with Gasteiger partial charge in [-0.1, -0.05) is 6.07 Å². The zero-order valence-electron chi connectivity index (χ0n) is 15.3. The van der Waals surface area contributed by atoms with Crippen molar-refractivity contribution in [3.05, 3.63) is 87.8 Å². The second kappa shape index (κ2) is 7.52. The van der Waals surface area contributed by atoms with E-state index in [9.17, 15) is 13.6 Å². The molecule has 7 heteroatoms. The molecule has 3 aromatic rings. The van der Waals surface area contributed by atoms with Crippen LogP contribution in [0.3, 0.4) is 0 Å². The third-order valence-electron chi connectivity index (χ3n) is 4.76. The first kappa shape index (κ1) is 18.3. The van der Waals surface area contributed by atoms with Crippen LogP contribution in [-0.4, -0.2) is 28.3 Å². The highest BCUT2D eigenvalue weighted by Gasteiger charge is 2.23. The van der Waals surface area contributed by atoms with Gasteiger partial charge >= 0.3 is 0 Å². The Kier molecular flexibility index (Phi) is 4.92. The third kappa shape index (κ3) is 3.80. The first-order chi connectivity index (χ1) is 13.5. The molecule has 1 unspecified atom stereocenters. The number of nitrogens with zero attached hydrogens (tertiary/aromatic N) is 3. The largest absolute Gasteiger partial charge is 0.485 e. The van der Waals surface area contributed by atoms with Gasteiger partial charge in [-0.05, 0) is 36.4 Å². The molecule has 0 spiro atoms. The number of aromatic nitrogens is 2. The smallest absolute Gasteiger partial charge is 0.271 e. The van der Waals surface area contributed by atoms with Crippen LogP contribution < -0.4 is 10.3 Å². The van der Waals surface area contributed by atoms with Crippen LogP contribution in [0.5, 0.6) is 5.75 Å². The molecular formula is C21H19F2N3O2. The van der Waals surface area contributed by atoms with E-state index in [0.717, 1.165) is 23.7 Å². The van der Waals surface area contributed by atoms with Crippen LogP contribution in [0, 0.1) is 11.6 Å². The Hall–Kier alpha value is -3.06. The molecule has 0 saturated carbocycles. The van der Waals surface area contributed by atoms with Crippen LogP contribution in [0.4, 0.5) is 8.78 Å². The van der Waals surface area contributed by atoms with Gasteiger partial charge in [0.05, 0.1) is 5.69 Å². The molecule has 0 aliphatic carbocycles. The van der Waals surface area contributed by atoms with Gasteiger partial charge in [0.15, 0.2) is 0 Å². The Labute approximate surface area is 160 Å². The second-order valence-corrected chi connectivity index (χ2v) is 6.89. The van der Waals surface area contributed by atoms with Crippen molar-refractivity contribution >= 4 is 0 Å². The quantitative estimate of drug-likeness (QED) is 0.695. The Morgan fingerprint density at radius 1 is 1.11 bits per heavy atom. The summed E-state index contributed by atoms with van der Waals surface area (Å²) in [6.45, 7) is 1.43. The molecule has 0 saturated heterocycles. The molecule has 5 nitrogen and oxygen atoms in total. The predicted octanol–water partition coefficient (Wildman–Crippen LogP) is 3.47. The highest BCUT2D eigenvalue weighted by Crippen LogP contribution is 2.32. The van der Waals surface area contributed by atoms with E-state index in [1.807, 2.05) is 19.2 Å². The summed E-state index contributed by atoms with van der Waals surface area (Å²) in [4.78, 5) is 14.2. The summed E-state index contributed by atoms with van der Waals surface area (Å²) in [5, 5.41) is 4.12. The SMILES string of the molecule is CN1CCC(Oc2cc(F)cc(F)c2)c2ccc(-n3ncccc3=O)cc2C1. The van der Waals surface area contributed by atoms with Crippen LogP contribution in [0.15, 0.2) is 59.5 Å². The molecule has 4 rings (SSSR count). The molecule has 1 aliphatic heterocycles. The minimum Gasteiger partial charge on any atom is -0.485 e. The van der Waals surface area contributed by atoms with Crippen LogP contribution in [-0.2, 0) is 6.54 Å². The Bertz CT molecular complexity index is 1050. The average Bonchev–Trinajstić information content (AvgIpc) is 2.79. The van der Waals surface area contributed by atoms with Gasteiger partial charge in [0.1, 0.15) is 23.5 Å². The van der Waals surface area contributed by atoms with Crippen molar-refractivity contribution in [2.45, 2.75) is 19.1 Å². The number of ether oxygens (including phenoxy) is 1. The molecular weight excluding hydrogens is 364 g/mol. The van der Waals surface area contributed by atoms with Gasteiger partial charge in [0.25, 0.3) is 5.56 Å². The van der Waals surface area contributed by atoms with Gasteiger partial charge in [-0.15, -0.1) is 0 Å². The summed E-state index contributed by atoms with van der Waals surface area (Å²) in [5.74, 6) is -1.19. The predicted molar refractivity (Wildman–Crippen MR) is 101 cm³/mol. The Morgan fingerprint density at radius 2 is 1.89 bits per heavy atom. The maximum Gasteiger partial charge on any atom is 0.271 e. The van der Waals surface area contributed by atoms with Crippen molar-refractivity contribution in [1.82, 2.24) is 14.7 Å². The zero-order chi connectivity index (χ0) is 19.7. The van der Waals surface area contributed by atoms with E-state index in [1.54, 1.807) is 18.3 Å². The normalized spacial score (nSPS) is 17.0. The van der Waals surface area contributed by atoms with Crippen molar-refractivity contribution in [1.29, 1.82) is 0 Å². The van der Waals surface area contributed by atoms with E-state index in [4.69, 9.17) is 4.74 Å². The van der Waals surface area contributed by atoms with Gasteiger partial charge in [-0.2, -0.15) is 9.78 Å². The third-order valence-corrected chi connectivity index (χ3v) is 4.76. The molecule has 0 bridgehead atoms. The van der Waals surface area contributed by atoms with E-state index in [2.05, 4.69) is 10.00 Å². The monoisotopic (exact) mass is 383 g/mol.